The van der Waals surface area contributed by atoms with Gasteiger partial charge in [-0.3, -0.25) is 4.79 Å². The molecule has 0 saturated heterocycles. The number of hydrogen-bond acceptors (Lipinski definition) is 2. The van der Waals surface area contributed by atoms with Gasteiger partial charge in [0.15, 0.2) is 0 Å². The molecule has 2 unspecified atom stereocenters. The molecule has 1 fully saturated rings. The molecule has 25 heavy (non-hydrogen) atoms. The third-order valence-electron chi connectivity index (χ3n) is 5.87. The van der Waals surface area contributed by atoms with Gasteiger partial charge in [-0.05, 0) is 42.5 Å². The second-order valence-electron chi connectivity index (χ2n) is 7.53. The van der Waals surface area contributed by atoms with Gasteiger partial charge in [0.05, 0.1) is 6.04 Å². The smallest absolute Gasteiger partial charge is 0.224 e. The van der Waals surface area contributed by atoms with Crippen LogP contribution in [0.5, 0.6) is 0 Å². The van der Waals surface area contributed by atoms with Gasteiger partial charge in [-0.1, -0.05) is 43.3 Å². The molecule has 2 aromatic rings. The van der Waals surface area contributed by atoms with Crippen molar-refractivity contribution in [3.8, 4) is 0 Å². The molecule has 3 atom stereocenters. The molecule has 2 aromatic carbocycles. The number of hydrogen-bond donors (Lipinski definition) is 0. The van der Waals surface area contributed by atoms with Gasteiger partial charge in [-0.2, -0.15) is 0 Å². The standard InChI is InChI=1S/C22H26N2O/c1-15-21(17-13-14-17)24(16(2)25)20-12-8-7-11-19(20)22(15)23(3)18-9-5-4-6-10-18/h4-12,15,17,21-22H,13-14H2,1-3H3/t15-,21?,22?/m0/s1. The quantitative estimate of drug-likeness (QED) is 0.816. The van der Waals surface area contributed by atoms with Gasteiger partial charge >= 0.3 is 0 Å². The first-order valence-electron chi connectivity index (χ1n) is 9.26. The summed E-state index contributed by atoms with van der Waals surface area (Å²) >= 11 is 0. The molecule has 2 aliphatic rings. The van der Waals surface area contributed by atoms with Crippen molar-refractivity contribution in [3.05, 3.63) is 60.2 Å². The summed E-state index contributed by atoms with van der Waals surface area (Å²) in [7, 11) is 2.18. The molecule has 130 valence electrons. The third-order valence-corrected chi connectivity index (χ3v) is 5.87. The van der Waals surface area contributed by atoms with Crippen molar-refractivity contribution in [1.29, 1.82) is 0 Å². The molecule has 1 aliphatic carbocycles. The van der Waals surface area contributed by atoms with Crippen LogP contribution in [0.25, 0.3) is 0 Å². The van der Waals surface area contributed by atoms with Crippen LogP contribution in [0.1, 0.15) is 38.3 Å². The van der Waals surface area contributed by atoms with Crippen LogP contribution in [0.2, 0.25) is 0 Å². The summed E-state index contributed by atoms with van der Waals surface area (Å²) < 4.78 is 0. The van der Waals surface area contributed by atoms with Crippen molar-refractivity contribution in [2.75, 3.05) is 16.8 Å². The summed E-state index contributed by atoms with van der Waals surface area (Å²) in [5, 5.41) is 0. The topological polar surface area (TPSA) is 23.6 Å². The van der Waals surface area contributed by atoms with Crippen LogP contribution in [-0.4, -0.2) is 19.0 Å². The number of rotatable bonds is 3. The molecule has 4 rings (SSSR count). The second-order valence-corrected chi connectivity index (χ2v) is 7.53. The predicted molar refractivity (Wildman–Crippen MR) is 103 cm³/mol. The maximum Gasteiger partial charge on any atom is 0.224 e. The monoisotopic (exact) mass is 334 g/mol. The number of fused-ring (bicyclic) bond motifs is 1. The Morgan fingerprint density at radius 2 is 1.68 bits per heavy atom. The Kier molecular flexibility index (Phi) is 4.03. The van der Waals surface area contributed by atoms with E-state index in [4.69, 9.17) is 0 Å². The molecular weight excluding hydrogens is 308 g/mol. The fourth-order valence-corrected chi connectivity index (χ4v) is 4.67. The zero-order valence-corrected chi connectivity index (χ0v) is 15.2. The van der Waals surface area contributed by atoms with Crippen LogP contribution < -0.4 is 9.80 Å². The molecule has 1 amide bonds. The molecule has 0 spiro atoms. The van der Waals surface area contributed by atoms with Crippen LogP contribution in [-0.2, 0) is 4.79 Å². The number of amides is 1. The van der Waals surface area contributed by atoms with E-state index in [-0.39, 0.29) is 11.9 Å². The Bertz CT molecular complexity index is 769. The van der Waals surface area contributed by atoms with Gasteiger partial charge in [0, 0.05) is 37.3 Å². The summed E-state index contributed by atoms with van der Waals surface area (Å²) in [5.74, 6) is 1.19. The van der Waals surface area contributed by atoms with E-state index in [0.29, 0.717) is 17.9 Å². The maximum atomic E-state index is 12.5. The summed E-state index contributed by atoms with van der Waals surface area (Å²) in [5.41, 5.74) is 3.58. The summed E-state index contributed by atoms with van der Waals surface area (Å²) in [6.45, 7) is 4.03. The van der Waals surface area contributed by atoms with Crippen molar-refractivity contribution in [3.63, 3.8) is 0 Å². The minimum atomic E-state index is 0.164. The molecule has 0 aromatic heterocycles. The van der Waals surface area contributed by atoms with Crippen LogP contribution >= 0.6 is 0 Å². The van der Waals surface area contributed by atoms with Crippen LogP contribution in [0, 0.1) is 11.8 Å². The lowest BCUT2D eigenvalue weighted by Gasteiger charge is -2.48. The van der Waals surface area contributed by atoms with Crippen molar-refractivity contribution in [1.82, 2.24) is 0 Å². The van der Waals surface area contributed by atoms with E-state index in [1.165, 1.54) is 24.1 Å². The molecule has 0 bridgehead atoms. The maximum absolute atomic E-state index is 12.5. The third kappa shape index (κ3) is 2.72. The lowest BCUT2D eigenvalue weighted by atomic mass is 9.79. The summed E-state index contributed by atoms with van der Waals surface area (Å²) in [4.78, 5) is 17.0. The number of anilines is 2. The van der Waals surface area contributed by atoms with Gasteiger partial charge in [-0.25, -0.2) is 0 Å². The Morgan fingerprint density at radius 3 is 2.32 bits per heavy atom. The largest absolute Gasteiger partial charge is 0.367 e. The second kappa shape index (κ2) is 6.21. The van der Waals surface area contributed by atoms with Crippen molar-refractivity contribution in [2.24, 2.45) is 11.8 Å². The van der Waals surface area contributed by atoms with E-state index in [1.54, 1.807) is 6.92 Å². The van der Waals surface area contributed by atoms with Crippen LogP contribution in [0.4, 0.5) is 11.4 Å². The van der Waals surface area contributed by atoms with Crippen LogP contribution in [0.15, 0.2) is 54.6 Å². The molecular formula is C22H26N2O. The van der Waals surface area contributed by atoms with E-state index in [2.05, 4.69) is 72.3 Å². The minimum absolute atomic E-state index is 0.164. The normalized spacial score (nSPS) is 25.4. The number of carbonyl (C=O) groups is 1. The fourth-order valence-electron chi connectivity index (χ4n) is 4.67. The Hall–Kier alpha value is -2.29. The lowest BCUT2D eigenvalue weighted by molar-refractivity contribution is -0.117. The van der Waals surface area contributed by atoms with Crippen molar-refractivity contribution >= 4 is 17.3 Å². The van der Waals surface area contributed by atoms with Gasteiger partial charge in [0.2, 0.25) is 5.91 Å². The van der Waals surface area contributed by atoms with Gasteiger partial charge in [-0.15, -0.1) is 0 Å². The molecule has 1 heterocycles. The molecule has 3 heteroatoms. The van der Waals surface area contributed by atoms with Crippen LogP contribution in [0.3, 0.4) is 0 Å². The highest BCUT2D eigenvalue weighted by Gasteiger charge is 2.48. The molecule has 3 nitrogen and oxygen atoms in total. The first-order valence-corrected chi connectivity index (χ1v) is 9.26. The Balaban J connectivity index is 1.83. The number of nitrogens with zero attached hydrogens (tertiary/aromatic N) is 2. The first-order chi connectivity index (χ1) is 12.1. The lowest BCUT2D eigenvalue weighted by Crippen LogP contribution is -2.52. The van der Waals surface area contributed by atoms with Gasteiger partial charge in [0.1, 0.15) is 0 Å². The van der Waals surface area contributed by atoms with Gasteiger partial charge in [0.25, 0.3) is 0 Å². The molecule has 0 N–H and O–H groups in total. The summed E-state index contributed by atoms with van der Waals surface area (Å²) in [6, 6.07) is 19.6. The Labute approximate surface area is 150 Å². The molecule has 1 saturated carbocycles. The fraction of sp³-hybridized carbons (Fsp3) is 0.409. The summed E-state index contributed by atoms with van der Waals surface area (Å²) in [6.07, 6.45) is 2.48. The van der Waals surface area contributed by atoms with E-state index >= 15 is 0 Å². The minimum Gasteiger partial charge on any atom is -0.367 e. The SMILES string of the molecule is CC(=O)N1c2ccccc2C(N(C)c2ccccc2)[C@@H](C)C1C1CC1. The van der Waals surface area contributed by atoms with Crippen molar-refractivity contribution < 1.29 is 4.79 Å². The average molecular weight is 334 g/mol. The van der Waals surface area contributed by atoms with E-state index in [9.17, 15) is 4.79 Å². The number of benzene rings is 2. The zero-order chi connectivity index (χ0) is 17.6. The molecule has 0 radical (unpaired) electrons. The van der Waals surface area contributed by atoms with Crippen molar-refractivity contribution in [2.45, 2.75) is 38.8 Å². The highest BCUT2D eigenvalue weighted by molar-refractivity contribution is 5.94. The van der Waals surface area contributed by atoms with E-state index in [0.717, 1.165) is 5.69 Å². The molecule has 1 aliphatic heterocycles. The van der Waals surface area contributed by atoms with E-state index < -0.39 is 0 Å². The highest BCUT2D eigenvalue weighted by atomic mass is 16.2. The number of para-hydroxylation sites is 2. The highest BCUT2D eigenvalue weighted by Crippen LogP contribution is 2.51. The first kappa shape index (κ1) is 16.2. The zero-order valence-electron chi connectivity index (χ0n) is 15.2. The van der Waals surface area contributed by atoms with Gasteiger partial charge < -0.3 is 9.80 Å². The Morgan fingerprint density at radius 1 is 1.04 bits per heavy atom. The van der Waals surface area contributed by atoms with E-state index in [1.807, 2.05) is 6.07 Å². The average Bonchev–Trinajstić information content (AvgIpc) is 3.45. The number of carbonyl (C=O) groups excluding carboxylic acids is 1. The predicted octanol–water partition coefficient (Wildman–Crippen LogP) is 4.65.